The van der Waals surface area contributed by atoms with Crippen LogP contribution in [0, 0.1) is 11.7 Å². The molecule has 1 fully saturated rings. The number of rotatable bonds is 4. The number of hydrogen-bond acceptors (Lipinski definition) is 3. The van der Waals surface area contributed by atoms with Crippen molar-refractivity contribution in [3.63, 3.8) is 0 Å². The molecule has 0 spiro atoms. The molecule has 0 bridgehead atoms. The minimum Gasteiger partial charge on any atom is -0.370 e. The Morgan fingerprint density at radius 1 is 1.19 bits per heavy atom. The highest BCUT2D eigenvalue weighted by Gasteiger charge is 2.20. The van der Waals surface area contributed by atoms with Gasteiger partial charge in [0.25, 0.3) is 0 Å². The van der Waals surface area contributed by atoms with Crippen LogP contribution in [-0.4, -0.2) is 21.1 Å². The summed E-state index contributed by atoms with van der Waals surface area (Å²) in [5.74, 6) is 1.41. The fourth-order valence-electron chi connectivity index (χ4n) is 2.37. The van der Waals surface area contributed by atoms with Crippen molar-refractivity contribution in [2.24, 2.45) is 5.92 Å². The number of benzene rings is 1. The van der Waals surface area contributed by atoms with Crippen LogP contribution in [-0.2, 0) is 0 Å². The molecule has 5 heteroatoms. The number of nitrogens with zero attached hydrogens (tertiary/aromatic N) is 3. The van der Waals surface area contributed by atoms with Crippen molar-refractivity contribution in [2.45, 2.75) is 12.8 Å². The quantitative estimate of drug-likeness (QED) is 0.798. The largest absolute Gasteiger partial charge is 0.370 e. The third kappa shape index (κ3) is 2.46. The van der Waals surface area contributed by atoms with Gasteiger partial charge in [0.2, 0.25) is 0 Å². The van der Waals surface area contributed by atoms with Gasteiger partial charge in [-0.25, -0.2) is 13.9 Å². The molecule has 4 rings (SSSR count). The van der Waals surface area contributed by atoms with E-state index in [9.17, 15) is 4.39 Å². The minimum atomic E-state index is -0.241. The lowest BCUT2D eigenvalue weighted by Crippen LogP contribution is -2.05. The Balaban J connectivity index is 1.70. The average molecular weight is 282 g/mol. The van der Waals surface area contributed by atoms with Crippen LogP contribution in [0.4, 0.5) is 10.2 Å². The van der Waals surface area contributed by atoms with Crippen molar-refractivity contribution in [3.05, 3.63) is 48.5 Å². The van der Waals surface area contributed by atoms with E-state index in [-0.39, 0.29) is 5.82 Å². The minimum absolute atomic E-state index is 0.241. The SMILES string of the molecule is Fc1ccc(-c2cnn3ccc(NCC4CC4)nc23)cc1. The van der Waals surface area contributed by atoms with Gasteiger partial charge in [-0.2, -0.15) is 5.10 Å². The van der Waals surface area contributed by atoms with E-state index in [4.69, 9.17) is 0 Å². The normalized spacial score (nSPS) is 14.5. The molecule has 1 aliphatic carbocycles. The Hall–Kier alpha value is -2.43. The van der Waals surface area contributed by atoms with Gasteiger partial charge in [-0.05, 0) is 42.5 Å². The van der Waals surface area contributed by atoms with Gasteiger partial charge in [-0.1, -0.05) is 12.1 Å². The number of nitrogens with one attached hydrogen (secondary N) is 1. The van der Waals surface area contributed by atoms with E-state index in [0.29, 0.717) is 0 Å². The van der Waals surface area contributed by atoms with Crippen LogP contribution in [0.1, 0.15) is 12.8 Å². The fraction of sp³-hybridized carbons (Fsp3) is 0.250. The Morgan fingerprint density at radius 2 is 2.00 bits per heavy atom. The highest BCUT2D eigenvalue weighted by molar-refractivity contribution is 5.77. The molecule has 2 aromatic heterocycles. The molecule has 4 nitrogen and oxygen atoms in total. The first-order valence-corrected chi connectivity index (χ1v) is 7.14. The summed E-state index contributed by atoms with van der Waals surface area (Å²) in [7, 11) is 0. The molecule has 1 saturated carbocycles. The average Bonchev–Trinajstić information content (AvgIpc) is 3.25. The molecular formula is C16H15FN4. The second kappa shape index (κ2) is 4.84. The Labute approximate surface area is 121 Å². The Morgan fingerprint density at radius 3 is 2.76 bits per heavy atom. The smallest absolute Gasteiger partial charge is 0.165 e. The van der Waals surface area contributed by atoms with Crippen molar-refractivity contribution in [3.8, 4) is 11.1 Å². The lowest BCUT2D eigenvalue weighted by Gasteiger charge is -2.05. The third-order valence-electron chi connectivity index (χ3n) is 3.79. The molecule has 1 N–H and O–H groups in total. The highest BCUT2D eigenvalue weighted by Crippen LogP contribution is 2.29. The van der Waals surface area contributed by atoms with E-state index in [2.05, 4.69) is 15.4 Å². The molecule has 3 aromatic rings. The van der Waals surface area contributed by atoms with Crippen LogP contribution in [0.15, 0.2) is 42.7 Å². The predicted molar refractivity (Wildman–Crippen MR) is 79.6 cm³/mol. The predicted octanol–water partition coefficient (Wildman–Crippen LogP) is 3.36. The summed E-state index contributed by atoms with van der Waals surface area (Å²) < 4.78 is 14.8. The molecule has 0 saturated heterocycles. The summed E-state index contributed by atoms with van der Waals surface area (Å²) >= 11 is 0. The highest BCUT2D eigenvalue weighted by atomic mass is 19.1. The van der Waals surface area contributed by atoms with Gasteiger partial charge in [0.1, 0.15) is 11.6 Å². The van der Waals surface area contributed by atoms with Crippen LogP contribution < -0.4 is 5.32 Å². The molecule has 2 heterocycles. The first kappa shape index (κ1) is 12.3. The maximum atomic E-state index is 13.0. The number of anilines is 1. The van der Waals surface area contributed by atoms with Crippen LogP contribution in [0.25, 0.3) is 16.8 Å². The van der Waals surface area contributed by atoms with Crippen LogP contribution >= 0.6 is 0 Å². The summed E-state index contributed by atoms with van der Waals surface area (Å²) in [5.41, 5.74) is 2.60. The van der Waals surface area contributed by atoms with E-state index >= 15 is 0 Å². The molecule has 1 aliphatic rings. The van der Waals surface area contributed by atoms with Crippen molar-refractivity contribution < 1.29 is 4.39 Å². The molecular weight excluding hydrogens is 267 g/mol. The topological polar surface area (TPSA) is 42.2 Å². The van der Waals surface area contributed by atoms with E-state index in [1.807, 2.05) is 12.3 Å². The zero-order chi connectivity index (χ0) is 14.2. The van der Waals surface area contributed by atoms with Crippen LogP contribution in [0.5, 0.6) is 0 Å². The Kier molecular flexibility index (Phi) is 2.84. The molecule has 0 unspecified atom stereocenters. The lowest BCUT2D eigenvalue weighted by molar-refractivity contribution is 0.628. The zero-order valence-electron chi connectivity index (χ0n) is 11.5. The number of fused-ring (bicyclic) bond motifs is 1. The summed E-state index contributed by atoms with van der Waals surface area (Å²) in [6.07, 6.45) is 6.27. The van der Waals surface area contributed by atoms with Crippen molar-refractivity contribution >= 4 is 11.5 Å². The third-order valence-corrected chi connectivity index (χ3v) is 3.79. The molecule has 0 radical (unpaired) electrons. The zero-order valence-corrected chi connectivity index (χ0v) is 11.5. The molecule has 1 aromatic carbocycles. The molecule has 0 atom stereocenters. The van der Waals surface area contributed by atoms with Gasteiger partial charge in [0.15, 0.2) is 5.65 Å². The van der Waals surface area contributed by atoms with Crippen LogP contribution in [0.3, 0.4) is 0 Å². The van der Waals surface area contributed by atoms with Gasteiger partial charge in [-0.15, -0.1) is 0 Å². The number of halogens is 1. The second-order valence-corrected chi connectivity index (χ2v) is 5.47. The maximum absolute atomic E-state index is 13.0. The second-order valence-electron chi connectivity index (χ2n) is 5.47. The van der Waals surface area contributed by atoms with E-state index < -0.39 is 0 Å². The summed E-state index contributed by atoms with van der Waals surface area (Å²) in [6.45, 7) is 0.975. The standard InChI is InChI=1S/C16H15FN4/c17-13-5-3-12(4-6-13)14-10-19-21-8-7-15(20-16(14)21)18-9-11-1-2-11/h3-8,10-11H,1-2,9H2,(H,18,20). The summed E-state index contributed by atoms with van der Waals surface area (Å²) in [6, 6.07) is 8.33. The summed E-state index contributed by atoms with van der Waals surface area (Å²) in [5, 5.41) is 7.66. The maximum Gasteiger partial charge on any atom is 0.165 e. The first-order chi connectivity index (χ1) is 10.3. The first-order valence-electron chi connectivity index (χ1n) is 7.14. The number of aromatic nitrogens is 3. The summed E-state index contributed by atoms with van der Waals surface area (Å²) in [4.78, 5) is 4.63. The molecule has 21 heavy (non-hydrogen) atoms. The Bertz CT molecular complexity index is 775. The molecule has 0 aliphatic heterocycles. The monoisotopic (exact) mass is 282 g/mol. The number of hydrogen-bond donors (Lipinski definition) is 1. The fourth-order valence-corrected chi connectivity index (χ4v) is 2.37. The van der Waals surface area contributed by atoms with E-state index in [1.165, 1.54) is 25.0 Å². The van der Waals surface area contributed by atoms with Crippen LogP contribution in [0.2, 0.25) is 0 Å². The van der Waals surface area contributed by atoms with E-state index in [0.717, 1.165) is 35.1 Å². The van der Waals surface area contributed by atoms with Gasteiger partial charge >= 0.3 is 0 Å². The van der Waals surface area contributed by atoms with Crippen molar-refractivity contribution in [1.29, 1.82) is 0 Å². The van der Waals surface area contributed by atoms with Crippen molar-refractivity contribution in [2.75, 3.05) is 11.9 Å². The van der Waals surface area contributed by atoms with Gasteiger partial charge < -0.3 is 5.32 Å². The van der Waals surface area contributed by atoms with E-state index in [1.54, 1.807) is 22.8 Å². The van der Waals surface area contributed by atoms with Gasteiger partial charge in [-0.3, -0.25) is 0 Å². The van der Waals surface area contributed by atoms with Gasteiger partial charge in [0.05, 0.1) is 6.20 Å². The van der Waals surface area contributed by atoms with Crippen molar-refractivity contribution in [1.82, 2.24) is 14.6 Å². The van der Waals surface area contributed by atoms with Gasteiger partial charge in [0, 0.05) is 18.3 Å². The lowest BCUT2D eigenvalue weighted by atomic mass is 10.1. The molecule has 0 amide bonds. The molecule has 106 valence electrons.